The molecule has 0 aromatic carbocycles. The number of carbonyl (C=O) groups is 2. The minimum atomic E-state index is -4.46. The summed E-state index contributed by atoms with van der Waals surface area (Å²) in [6, 6.07) is -0.860. The van der Waals surface area contributed by atoms with E-state index < -0.39 is 20.0 Å². The molecule has 0 aromatic rings. The molecule has 0 aliphatic heterocycles. The standard InChI is InChI=1S/C70H131N2O7P/c1-7-10-13-16-19-22-25-28-30-31-32-33-34-35-36-37-38-39-40-41-42-45-48-51-54-57-60-63-70(74)79-68(61-58-55-52-49-46-43-27-24-21-18-15-12-9-3)67(66-78-80(75,76)77-65-64-72(4,5)6)71-69(73)62-59-56-53-50-47-44-29-26-23-20-17-14-11-8-2/h11,14,20,23,28-30,44,58,61,67-68H,7-10,12-13,15-19,21-22,24-27,31-43,45-57,59-60,62-66H2,1-6H3,(H-,71,73,75,76)/p+1/b14-11+,23-20+,30-28+,44-29+,61-58-. The number of phosphoric ester groups is 1. The van der Waals surface area contributed by atoms with E-state index in [-0.39, 0.29) is 31.5 Å². The highest BCUT2D eigenvalue weighted by Gasteiger charge is 2.30. The van der Waals surface area contributed by atoms with Crippen molar-refractivity contribution in [2.75, 3.05) is 40.9 Å². The van der Waals surface area contributed by atoms with Crippen molar-refractivity contribution in [3.63, 3.8) is 0 Å². The van der Waals surface area contributed by atoms with Crippen LogP contribution in [-0.4, -0.2) is 74.3 Å². The van der Waals surface area contributed by atoms with Gasteiger partial charge in [0, 0.05) is 12.8 Å². The molecule has 9 nitrogen and oxygen atoms in total. The third-order valence-electron chi connectivity index (χ3n) is 15.2. The number of rotatable bonds is 62. The molecule has 10 heteroatoms. The number of likely N-dealkylation sites (N-methyl/N-ethyl adjacent to an activating group) is 1. The number of carbonyl (C=O) groups excluding carboxylic acids is 2. The van der Waals surface area contributed by atoms with Crippen LogP contribution in [0.1, 0.15) is 323 Å². The zero-order valence-corrected chi connectivity index (χ0v) is 54.5. The number of quaternary nitrogens is 1. The molecule has 0 heterocycles. The molecule has 80 heavy (non-hydrogen) atoms. The number of hydrogen-bond acceptors (Lipinski definition) is 6. The first-order valence-corrected chi connectivity index (χ1v) is 35.6. The van der Waals surface area contributed by atoms with Crippen LogP contribution in [0.25, 0.3) is 0 Å². The molecule has 0 saturated heterocycles. The fraction of sp³-hybridized carbons (Fsp3) is 0.829. The molecule has 0 rings (SSSR count). The van der Waals surface area contributed by atoms with Crippen molar-refractivity contribution >= 4 is 19.7 Å². The van der Waals surface area contributed by atoms with Gasteiger partial charge in [-0.25, -0.2) is 4.57 Å². The number of unbranched alkanes of at least 4 members (excludes halogenated alkanes) is 38. The van der Waals surface area contributed by atoms with Gasteiger partial charge in [0.1, 0.15) is 19.3 Å². The Morgan fingerprint density at radius 3 is 1.21 bits per heavy atom. The van der Waals surface area contributed by atoms with Gasteiger partial charge in [-0.3, -0.25) is 18.6 Å². The predicted molar refractivity (Wildman–Crippen MR) is 346 cm³/mol. The largest absolute Gasteiger partial charge is 0.472 e. The Morgan fingerprint density at radius 1 is 0.450 bits per heavy atom. The van der Waals surface area contributed by atoms with E-state index in [0.29, 0.717) is 17.4 Å². The maximum absolute atomic E-state index is 13.5. The average molecular weight is 1140 g/mol. The van der Waals surface area contributed by atoms with Gasteiger partial charge in [-0.1, -0.05) is 281 Å². The van der Waals surface area contributed by atoms with Gasteiger partial charge in [0.15, 0.2) is 0 Å². The summed E-state index contributed by atoms with van der Waals surface area (Å²) in [4.78, 5) is 37.8. The monoisotopic (exact) mass is 1140 g/mol. The lowest BCUT2D eigenvalue weighted by Crippen LogP contribution is -2.47. The number of esters is 1. The third-order valence-corrected chi connectivity index (χ3v) is 16.2. The van der Waals surface area contributed by atoms with Gasteiger partial charge < -0.3 is 19.4 Å². The number of amides is 1. The highest BCUT2D eigenvalue weighted by Crippen LogP contribution is 2.43. The Morgan fingerprint density at radius 2 is 0.800 bits per heavy atom. The maximum atomic E-state index is 13.5. The van der Waals surface area contributed by atoms with Crippen LogP contribution in [0, 0.1) is 0 Å². The lowest BCUT2D eigenvalue weighted by atomic mass is 10.0. The summed E-state index contributed by atoms with van der Waals surface area (Å²) in [5.74, 6) is -0.520. The van der Waals surface area contributed by atoms with Gasteiger partial charge >= 0.3 is 13.8 Å². The predicted octanol–water partition coefficient (Wildman–Crippen LogP) is 21.4. The quantitative estimate of drug-likeness (QED) is 0.0205. The number of hydrogen-bond donors (Lipinski definition) is 2. The molecule has 468 valence electrons. The molecule has 0 aliphatic carbocycles. The van der Waals surface area contributed by atoms with Crippen LogP contribution in [0.3, 0.4) is 0 Å². The number of phosphoric acid groups is 1. The topological polar surface area (TPSA) is 111 Å². The maximum Gasteiger partial charge on any atom is 0.472 e. The van der Waals surface area contributed by atoms with Gasteiger partial charge in [0.05, 0.1) is 33.8 Å². The zero-order chi connectivity index (χ0) is 58.6. The van der Waals surface area contributed by atoms with E-state index in [2.05, 4.69) is 74.7 Å². The van der Waals surface area contributed by atoms with E-state index in [4.69, 9.17) is 13.8 Å². The molecule has 0 bridgehead atoms. The van der Waals surface area contributed by atoms with Crippen LogP contribution >= 0.6 is 7.82 Å². The number of nitrogens with one attached hydrogen (secondary N) is 1. The Balaban J connectivity index is 5.03. The van der Waals surface area contributed by atoms with E-state index in [1.807, 2.05) is 33.3 Å². The van der Waals surface area contributed by atoms with E-state index in [9.17, 15) is 19.0 Å². The van der Waals surface area contributed by atoms with Crippen molar-refractivity contribution in [2.24, 2.45) is 0 Å². The molecule has 1 amide bonds. The van der Waals surface area contributed by atoms with Gasteiger partial charge in [0.25, 0.3) is 0 Å². The molecular formula is C70H132N2O7P+. The highest BCUT2D eigenvalue weighted by atomic mass is 31.2. The first-order chi connectivity index (χ1) is 38.9. The smallest absolute Gasteiger partial charge is 0.456 e. The Kier molecular flexibility index (Phi) is 58.1. The van der Waals surface area contributed by atoms with E-state index in [1.165, 1.54) is 199 Å². The Bertz CT molecular complexity index is 1550. The lowest BCUT2D eigenvalue weighted by molar-refractivity contribution is -0.870. The van der Waals surface area contributed by atoms with Crippen LogP contribution in [-0.2, 0) is 27.9 Å². The van der Waals surface area contributed by atoms with Gasteiger partial charge in [-0.15, -0.1) is 0 Å². The van der Waals surface area contributed by atoms with Crippen LogP contribution in [0.5, 0.6) is 0 Å². The van der Waals surface area contributed by atoms with E-state index in [0.717, 1.165) is 89.9 Å². The van der Waals surface area contributed by atoms with Gasteiger partial charge in [-0.2, -0.15) is 0 Å². The molecule has 0 aliphatic rings. The summed E-state index contributed by atoms with van der Waals surface area (Å²) in [5, 5.41) is 3.05. The van der Waals surface area contributed by atoms with Crippen molar-refractivity contribution < 1.29 is 37.3 Å². The highest BCUT2D eigenvalue weighted by molar-refractivity contribution is 7.47. The van der Waals surface area contributed by atoms with Crippen molar-refractivity contribution in [1.82, 2.24) is 5.32 Å². The summed E-state index contributed by atoms with van der Waals surface area (Å²) in [6.07, 6.45) is 76.7. The second kappa shape index (κ2) is 59.9. The number of nitrogens with zero attached hydrogens (tertiary/aromatic N) is 1. The summed E-state index contributed by atoms with van der Waals surface area (Å²) in [5.41, 5.74) is 0. The Labute approximate surface area is 496 Å². The minimum absolute atomic E-state index is 0.0356. The SMILES string of the molecule is CC/C=C/C/C=C/C/C=C/CCCCCCC(=O)NC(COP(=O)(O)OCC[N+](C)(C)C)C(/C=C\CCCCCCCCCCCCC)OC(=O)CCCCCCCCCCCCCCCCCCC/C=C/CCCCCCCC. The second-order valence-corrected chi connectivity index (χ2v) is 25.8. The second-order valence-electron chi connectivity index (χ2n) is 24.3. The van der Waals surface area contributed by atoms with Crippen LogP contribution in [0.15, 0.2) is 60.8 Å². The molecule has 0 fully saturated rings. The molecule has 0 radical (unpaired) electrons. The molecule has 0 aromatic heterocycles. The minimum Gasteiger partial charge on any atom is -0.456 e. The van der Waals surface area contributed by atoms with Crippen molar-refractivity contribution in [2.45, 2.75) is 335 Å². The average Bonchev–Trinajstić information content (AvgIpc) is 3.42. The zero-order valence-electron chi connectivity index (χ0n) is 53.6. The lowest BCUT2D eigenvalue weighted by Gasteiger charge is -2.27. The molecule has 3 unspecified atom stereocenters. The molecule has 3 atom stereocenters. The molecule has 0 spiro atoms. The normalized spacial score (nSPS) is 13.9. The van der Waals surface area contributed by atoms with Gasteiger partial charge in [0.2, 0.25) is 5.91 Å². The summed E-state index contributed by atoms with van der Waals surface area (Å²) in [6.45, 7) is 6.91. The molecular weight excluding hydrogens is 1010 g/mol. The van der Waals surface area contributed by atoms with E-state index >= 15 is 0 Å². The summed E-state index contributed by atoms with van der Waals surface area (Å²) >= 11 is 0. The first kappa shape index (κ1) is 77.7. The van der Waals surface area contributed by atoms with Crippen molar-refractivity contribution in [3.05, 3.63) is 60.8 Å². The molecule has 0 saturated carbocycles. The van der Waals surface area contributed by atoms with Crippen LogP contribution < -0.4 is 5.32 Å². The Hall–Kier alpha value is -2.29. The fourth-order valence-electron chi connectivity index (χ4n) is 9.95. The number of ether oxygens (including phenoxy) is 1. The van der Waals surface area contributed by atoms with Crippen molar-refractivity contribution in [1.29, 1.82) is 0 Å². The van der Waals surface area contributed by atoms with E-state index in [1.54, 1.807) is 0 Å². The van der Waals surface area contributed by atoms with Crippen LogP contribution in [0.4, 0.5) is 0 Å². The third kappa shape index (κ3) is 60.3. The van der Waals surface area contributed by atoms with Gasteiger partial charge in [-0.05, 0) is 89.5 Å². The summed E-state index contributed by atoms with van der Waals surface area (Å²) < 4.78 is 30.7. The van der Waals surface area contributed by atoms with Crippen LogP contribution in [0.2, 0.25) is 0 Å². The summed E-state index contributed by atoms with van der Waals surface area (Å²) in [7, 11) is 1.49. The fourth-order valence-corrected chi connectivity index (χ4v) is 10.7. The number of allylic oxidation sites excluding steroid dienone is 9. The van der Waals surface area contributed by atoms with Crippen molar-refractivity contribution in [3.8, 4) is 0 Å². The molecule has 2 N–H and O–H groups in total. The first-order valence-electron chi connectivity index (χ1n) is 34.1.